The van der Waals surface area contributed by atoms with Crippen molar-refractivity contribution >= 4 is 17.7 Å². The average molecular weight is 349 g/mol. The minimum atomic E-state index is -0.586. The number of nitrogens with zero attached hydrogens (tertiary/aromatic N) is 1. The summed E-state index contributed by atoms with van der Waals surface area (Å²) in [5.41, 5.74) is 0.00819. The van der Waals surface area contributed by atoms with Gasteiger partial charge in [-0.05, 0) is 25.8 Å². The number of carbonyl (C=O) groups excluding carboxylic acids is 3. The van der Waals surface area contributed by atoms with Crippen LogP contribution in [0.25, 0.3) is 0 Å². The number of piperidine rings is 1. The molecule has 25 heavy (non-hydrogen) atoms. The van der Waals surface area contributed by atoms with Gasteiger partial charge in [-0.15, -0.1) is 0 Å². The van der Waals surface area contributed by atoms with Crippen LogP contribution in [-0.2, 0) is 9.59 Å². The summed E-state index contributed by atoms with van der Waals surface area (Å²) in [7, 11) is 0. The number of amides is 3. The van der Waals surface area contributed by atoms with E-state index in [9.17, 15) is 14.4 Å². The quantitative estimate of drug-likeness (QED) is 0.863. The lowest BCUT2D eigenvalue weighted by atomic mass is 9.95. The molecule has 0 aliphatic carbocycles. The highest BCUT2D eigenvalue weighted by Gasteiger charge is 2.28. The van der Waals surface area contributed by atoms with Crippen LogP contribution in [-0.4, -0.2) is 47.8 Å². The highest BCUT2D eigenvalue weighted by molar-refractivity contribution is 5.94. The van der Waals surface area contributed by atoms with Crippen molar-refractivity contribution in [3.63, 3.8) is 0 Å². The minimum Gasteiger partial charge on any atom is -0.472 e. The van der Waals surface area contributed by atoms with E-state index in [1.165, 1.54) is 12.5 Å². The van der Waals surface area contributed by atoms with E-state index in [1.807, 2.05) is 0 Å². The summed E-state index contributed by atoms with van der Waals surface area (Å²) in [6, 6.07) is 1.07. The Morgan fingerprint density at radius 3 is 2.40 bits per heavy atom. The summed E-state index contributed by atoms with van der Waals surface area (Å²) in [4.78, 5) is 38.2. The molecule has 1 saturated heterocycles. The second kappa shape index (κ2) is 7.72. The minimum absolute atomic E-state index is 0.00916. The Kier molecular flexibility index (Phi) is 5.87. The van der Waals surface area contributed by atoms with Gasteiger partial charge in [0.1, 0.15) is 12.3 Å². The average Bonchev–Trinajstić information content (AvgIpc) is 3.08. The van der Waals surface area contributed by atoms with Gasteiger partial charge in [-0.3, -0.25) is 14.4 Å². The Morgan fingerprint density at radius 2 is 1.88 bits per heavy atom. The third-order valence-corrected chi connectivity index (χ3v) is 4.32. The second-order valence-electron chi connectivity index (χ2n) is 7.53. The largest absolute Gasteiger partial charge is 0.472 e. The number of nitrogens with one attached hydrogen (secondary N) is 2. The SMILES string of the molecule is CC(NC(=O)C(C)(C)C)C(=O)NC1CCN(C(=O)c2ccoc2)CC1. The zero-order chi connectivity index (χ0) is 18.6. The van der Waals surface area contributed by atoms with Crippen LogP contribution < -0.4 is 10.6 Å². The monoisotopic (exact) mass is 349 g/mol. The molecule has 0 radical (unpaired) electrons. The molecule has 138 valence electrons. The lowest BCUT2D eigenvalue weighted by Gasteiger charge is -2.33. The Bertz CT molecular complexity index is 611. The molecule has 1 aromatic rings. The van der Waals surface area contributed by atoms with Gasteiger partial charge in [0.05, 0.1) is 11.8 Å². The van der Waals surface area contributed by atoms with Crippen molar-refractivity contribution in [3.8, 4) is 0 Å². The lowest BCUT2D eigenvalue weighted by molar-refractivity contribution is -0.133. The molecule has 7 nitrogen and oxygen atoms in total. The van der Waals surface area contributed by atoms with E-state index in [0.29, 0.717) is 31.5 Å². The fourth-order valence-electron chi connectivity index (χ4n) is 2.60. The predicted octanol–water partition coefficient (Wildman–Crippen LogP) is 1.55. The van der Waals surface area contributed by atoms with Crippen molar-refractivity contribution in [1.29, 1.82) is 0 Å². The topological polar surface area (TPSA) is 91.7 Å². The number of carbonyl (C=O) groups is 3. The van der Waals surface area contributed by atoms with Crippen molar-refractivity contribution in [2.45, 2.75) is 52.6 Å². The molecule has 3 amide bonds. The second-order valence-corrected chi connectivity index (χ2v) is 7.53. The first-order valence-corrected chi connectivity index (χ1v) is 8.61. The molecular weight excluding hydrogens is 322 g/mol. The summed E-state index contributed by atoms with van der Waals surface area (Å²) in [6.07, 6.45) is 4.30. The molecule has 7 heteroatoms. The lowest BCUT2D eigenvalue weighted by Crippen LogP contribution is -2.53. The Labute approximate surface area is 148 Å². The summed E-state index contributed by atoms with van der Waals surface area (Å²) in [6.45, 7) is 8.25. The Hall–Kier alpha value is -2.31. The first kappa shape index (κ1) is 19.0. The normalized spacial score (nSPS) is 17.0. The fourth-order valence-corrected chi connectivity index (χ4v) is 2.60. The summed E-state index contributed by atoms with van der Waals surface area (Å²) in [5.74, 6) is -0.405. The molecule has 2 N–H and O–H groups in total. The molecule has 0 spiro atoms. The van der Waals surface area contributed by atoms with Gasteiger partial charge >= 0.3 is 0 Å². The van der Waals surface area contributed by atoms with Crippen molar-refractivity contribution < 1.29 is 18.8 Å². The number of hydrogen-bond donors (Lipinski definition) is 2. The van der Waals surface area contributed by atoms with Gasteiger partial charge < -0.3 is 20.0 Å². The molecule has 0 bridgehead atoms. The molecule has 2 heterocycles. The van der Waals surface area contributed by atoms with E-state index < -0.39 is 11.5 Å². The molecule has 1 aliphatic rings. The fraction of sp³-hybridized carbons (Fsp3) is 0.611. The zero-order valence-electron chi connectivity index (χ0n) is 15.3. The Balaban J connectivity index is 1.78. The molecule has 0 aromatic carbocycles. The number of rotatable bonds is 4. The number of hydrogen-bond acceptors (Lipinski definition) is 4. The highest BCUT2D eigenvalue weighted by atomic mass is 16.3. The smallest absolute Gasteiger partial charge is 0.257 e. The first-order chi connectivity index (χ1) is 11.7. The number of furan rings is 1. The first-order valence-electron chi connectivity index (χ1n) is 8.61. The van der Waals surface area contributed by atoms with Crippen LogP contribution in [0.2, 0.25) is 0 Å². The van der Waals surface area contributed by atoms with Gasteiger partial charge in [-0.1, -0.05) is 20.8 Å². The molecule has 1 atom stereocenters. The van der Waals surface area contributed by atoms with Crippen molar-refractivity contribution in [2.75, 3.05) is 13.1 Å². The van der Waals surface area contributed by atoms with Crippen LogP contribution in [0, 0.1) is 5.41 Å². The molecule has 0 saturated carbocycles. The molecule has 1 unspecified atom stereocenters. The van der Waals surface area contributed by atoms with Crippen molar-refractivity contribution in [3.05, 3.63) is 24.2 Å². The van der Waals surface area contributed by atoms with Gasteiger partial charge in [-0.2, -0.15) is 0 Å². The summed E-state index contributed by atoms with van der Waals surface area (Å²) < 4.78 is 4.94. The van der Waals surface area contributed by atoms with E-state index in [4.69, 9.17) is 4.42 Å². The zero-order valence-corrected chi connectivity index (χ0v) is 15.3. The molecular formula is C18H27N3O4. The van der Waals surface area contributed by atoms with E-state index in [0.717, 1.165) is 0 Å². The predicted molar refractivity (Wildman–Crippen MR) is 92.8 cm³/mol. The molecule has 2 rings (SSSR count). The van der Waals surface area contributed by atoms with Gasteiger partial charge in [0.2, 0.25) is 11.8 Å². The van der Waals surface area contributed by atoms with E-state index in [-0.39, 0.29) is 23.8 Å². The van der Waals surface area contributed by atoms with Crippen LogP contribution in [0.3, 0.4) is 0 Å². The third kappa shape index (κ3) is 5.08. The van der Waals surface area contributed by atoms with Gasteiger partial charge in [0.25, 0.3) is 5.91 Å². The standard InChI is InChI=1S/C18H27N3O4/c1-12(19-17(24)18(2,3)4)15(22)20-14-5-8-21(9-6-14)16(23)13-7-10-25-11-13/h7,10-12,14H,5-6,8-9H2,1-4H3,(H,19,24)(H,20,22). The third-order valence-electron chi connectivity index (χ3n) is 4.32. The van der Waals surface area contributed by atoms with Crippen LogP contribution in [0.5, 0.6) is 0 Å². The van der Waals surface area contributed by atoms with Gasteiger partial charge in [0, 0.05) is 24.5 Å². The van der Waals surface area contributed by atoms with E-state index >= 15 is 0 Å². The van der Waals surface area contributed by atoms with Crippen LogP contribution in [0.1, 0.15) is 50.9 Å². The van der Waals surface area contributed by atoms with Crippen molar-refractivity contribution in [1.82, 2.24) is 15.5 Å². The van der Waals surface area contributed by atoms with Crippen molar-refractivity contribution in [2.24, 2.45) is 5.41 Å². The van der Waals surface area contributed by atoms with Crippen LogP contribution in [0.4, 0.5) is 0 Å². The van der Waals surface area contributed by atoms with Crippen LogP contribution in [0.15, 0.2) is 23.0 Å². The molecule has 1 aromatic heterocycles. The Morgan fingerprint density at radius 1 is 1.24 bits per heavy atom. The summed E-state index contributed by atoms with van der Waals surface area (Å²) >= 11 is 0. The van der Waals surface area contributed by atoms with Crippen LogP contribution >= 0.6 is 0 Å². The van der Waals surface area contributed by atoms with E-state index in [1.54, 1.807) is 38.7 Å². The van der Waals surface area contributed by atoms with Gasteiger partial charge in [-0.25, -0.2) is 0 Å². The highest BCUT2D eigenvalue weighted by Crippen LogP contribution is 2.15. The maximum atomic E-state index is 12.3. The summed E-state index contributed by atoms with van der Waals surface area (Å²) in [5, 5.41) is 5.69. The van der Waals surface area contributed by atoms with E-state index in [2.05, 4.69) is 10.6 Å². The molecule has 1 aliphatic heterocycles. The maximum absolute atomic E-state index is 12.3. The molecule has 1 fully saturated rings. The van der Waals surface area contributed by atoms with Gasteiger partial charge in [0.15, 0.2) is 0 Å². The maximum Gasteiger partial charge on any atom is 0.257 e. The number of likely N-dealkylation sites (tertiary alicyclic amines) is 1.